The van der Waals surface area contributed by atoms with Gasteiger partial charge < -0.3 is 15.3 Å². The first-order valence-corrected chi connectivity index (χ1v) is 4.10. The van der Waals surface area contributed by atoms with Crippen molar-refractivity contribution in [3.8, 4) is 0 Å². The number of aliphatic hydroxyl groups is 1. The van der Waals surface area contributed by atoms with E-state index in [1.54, 1.807) is 14.1 Å². The van der Waals surface area contributed by atoms with Crippen LogP contribution in [-0.4, -0.2) is 42.8 Å². The number of carbonyl (C=O) groups is 1. The second-order valence-corrected chi connectivity index (χ2v) is 3.25. The van der Waals surface area contributed by atoms with Crippen LogP contribution in [0.3, 0.4) is 0 Å². The molecule has 72 valence electrons. The van der Waals surface area contributed by atoms with Gasteiger partial charge in [0.25, 0.3) is 0 Å². The Balaban J connectivity index is 3.83. The summed E-state index contributed by atoms with van der Waals surface area (Å²) in [5, 5.41) is 11.9. The SMILES string of the molecule is CNC(=O)N(C)CC(O)C(C)C. The van der Waals surface area contributed by atoms with Crippen LogP contribution in [0.5, 0.6) is 0 Å². The highest BCUT2D eigenvalue weighted by molar-refractivity contribution is 5.73. The van der Waals surface area contributed by atoms with Crippen molar-refractivity contribution in [2.45, 2.75) is 20.0 Å². The van der Waals surface area contributed by atoms with E-state index < -0.39 is 6.10 Å². The Hall–Kier alpha value is -0.770. The summed E-state index contributed by atoms with van der Waals surface area (Å²) < 4.78 is 0. The van der Waals surface area contributed by atoms with Gasteiger partial charge in [0.2, 0.25) is 0 Å². The molecule has 12 heavy (non-hydrogen) atoms. The van der Waals surface area contributed by atoms with Crippen molar-refractivity contribution in [1.82, 2.24) is 10.2 Å². The van der Waals surface area contributed by atoms with Crippen LogP contribution >= 0.6 is 0 Å². The molecule has 4 nitrogen and oxygen atoms in total. The maximum Gasteiger partial charge on any atom is 0.316 e. The molecular formula is C8H18N2O2. The molecule has 0 aromatic rings. The van der Waals surface area contributed by atoms with Gasteiger partial charge in [0, 0.05) is 20.6 Å². The summed E-state index contributed by atoms with van der Waals surface area (Å²) >= 11 is 0. The monoisotopic (exact) mass is 174 g/mol. The number of aliphatic hydroxyl groups excluding tert-OH is 1. The minimum absolute atomic E-state index is 0.172. The number of likely N-dealkylation sites (N-methyl/N-ethyl adjacent to an activating group) is 1. The van der Waals surface area contributed by atoms with E-state index in [4.69, 9.17) is 0 Å². The van der Waals surface area contributed by atoms with Crippen LogP contribution in [-0.2, 0) is 0 Å². The molecule has 0 fully saturated rings. The predicted molar refractivity (Wildman–Crippen MR) is 47.9 cm³/mol. The molecule has 0 aromatic heterocycles. The second kappa shape index (κ2) is 4.98. The fourth-order valence-electron chi connectivity index (χ4n) is 0.765. The molecule has 0 aromatic carbocycles. The molecule has 0 aliphatic heterocycles. The summed E-state index contributed by atoms with van der Waals surface area (Å²) in [5.41, 5.74) is 0. The Bertz CT molecular complexity index is 148. The number of nitrogens with one attached hydrogen (secondary N) is 1. The fourth-order valence-corrected chi connectivity index (χ4v) is 0.765. The van der Waals surface area contributed by atoms with E-state index in [9.17, 15) is 9.90 Å². The summed E-state index contributed by atoms with van der Waals surface area (Å²) in [6.45, 7) is 4.21. The van der Waals surface area contributed by atoms with E-state index in [0.29, 0.717) is 6.54 Å². The highest BCUT2D eigenvalue weighted by atomic mass is 16.3. The van der Waals surface area contributed by atoms with Crippen LogP contribution in [0.2, 0.25) is 0 Å². The third-order valence-electron chi connectivity index (χ3n) is 1.79. The lowest BCUT2D eigenvalue weighted by Gasteiger charge is -2.22. The van der Waals surface area contributed by atoms with Gasteiger partial charge in [-0.25, -0.2) is 4.79 Å². The lowest BCUT2D eigenvalue weighted by molar-refractivity contribution is 0.0940. The first-order valence-electron chi connectivity index (χ1n) is 4.10. The molecule has 0 saturated heterocycles. The second-order valence-electron chi connectivity index (χ2n) is 3.25. The normalized spacial score (nSPS) is 12.8. The zero-order valence-corrected chi connectivity index (χ0v) is 8.16. The van der Waals surface area contributed by atoms with Crippen molar-refractivity contribution in [3.05, 3.63) is 0 Å². The standard InChI is InChI=1S/C8H18N2O2/c1-6(2)7(11)5-10(4)8(12)9-3/h6-7,11H,5H2,1-4H3,(H,9,12). The lowest BCUT2D eigenvalue weighted by Crippen LogP contribution is -2.41. The van der Waals surface area contributed by atoms with Crippen LogP contribution in [0, 0.1) is 5.92 Å². The Morgan fingerprint density at radius 1 is 1.58 bits per heavy atom. The number of amides is 2. The highest BCUT2D eigenvalue weighted by Gasteiger charge is 2.14. The summed E-state index contributed by atoms with van der Waals surface area (Å²) in [6.07, 6.45) is -0.452. The first-order chi connectivity index (χ1) is 5.49. The third kappa shape index (κ3) is 3.57. The molecule has 4 heteroatoms. The Morgan fingerprint density at radius 3 is 2.42 bits per heavy atom. The van der Waals surface area contributed by atoms with Crippen molar-refractivity contribution in [2.24, 2.45) is 5.92 Å². The smallest absolute Gasteiger partial charge is 0.316 e. The number of rotatable bonds is 3. The average molecular weight is 174 g/mol. The zero-order chi connectivity index (χ0) is 9.72. The van der Waals surface area contributed by atoms with Gasteiger partial charge in [0.15, 0.2) is 0 Å². The molecular weight excluding hydrogens is 156 g/mol. The fraction of sp³-hybridized carbons (Fsp3) is 0.875. The zero-order valence-electron chi connectivity index (χ0n) is 8.16. The molecule has 0 aliphatic carbocycles. The van der Waals surface area contributed by atoms with Gasteiger partial charge in [0.05, 0.1) is 6.10 Å². The van der Waals surface area contributed by atoms with Gasteiger partial charge >= 0.3 is 6.03 Å². The van der Waals surface area contributed by atoms with E-state index in [2.05, 4.69) is 5.32 Å². The molecule has 0 rings (SSSR count). The maximum absolute atomic E-state index is 11.0. The van der Waals surface area contributed by atoms with Gasteiger partial charge in [-0.3, -0.25) is 0 Å². The number of hydrogen-bond acceptors (Lipinski definition) is 2. The van der Waals surface area contributed by atoms with E-state index >= 15 is 0 Å². The minimum atomic E-state index is -0.452. The van der Waals surface area contributed by atoms with E-state index in [0.717, 1.165) is 0 Å². The van der Waals surface area contributed by atoms with Crippen LogP contribution in [0.1, 0.15) is 13.8 Å². The van der Waals surface area contributed by atoms with Crippen molar-refractivity contribution < 1.29 is 9.90 Å². The Morgan fingerprint density at radius 2 is 2.08 bits per heavy atom. The average Bonchev–Trinajstić information content (AvgIpc) is 2.02. The molecule has 0 radical (unpaired) electrons. The Labute approximate surface area is 73.6 Å². The van der Waals surface area contributed by atoms with Gasteiger partial charge in [-0.2, -0.15) is 0 Å². The van der Waals surface area contributed by atoms with Gasteiger partial charge in [-0.15, -0.1) is 0 Å². The molecule has 0 spiro atoms. The van der Waals surface area contributed by atoms with E-state index in [1.165, 1.54) is 4.90 Å². The van der Waals surface area contributed by atoms with Crippen molar-refractivity contribution in [1.29, 1.82) is 0 Å². The van der Waals surface area contributed by atoms with Gasteiger partial charge in [-0.1, -0.05) is 13.8 Å². The summed E-state index contributed by atoms with van der Waals surface area (Å²) in [7, 11) is 3.23. The summed E-state index contributed by atoms with van der Waals surface area (Å²) in [4.78, 5) is 12.4. The number of urea groups is 1. The molecule has 1 unspecified atom stereocenters. The maximum atomic E-state index is 11.0. The van der Waals surface area contributed by atoms with Crippen molar-refractivity contribution in [3.63, 3.8) is 0 Å². The summed E-state index contributed by atoms with van der Waals surface area (Å²) in [6, 6.07) is -0.172. The molecule has 0 heterocycles. The predicted octanol–water partition coefficient (Wildman–Crippen LogP) is 0.274. The molecule has 2 N–H and O–H groups in total. The largest absolute Gasteiger partial charge is 0.391 e. The topological polar surface area (TPSA) is 52.6 Å². The van der Waals surface area contributed by atoms with Crippen molar-refractivity contribution >= 4 is 6.03 Å². The van der Waals surface area contributed by atoms with Crippen LogP contribution in [0.25, 0.3) is 0 Å². The minimum Gasteiger partial charge on any atom is -0.391 e. The van der Waals surface area contributed by atoms with Crippen LogP contribution < -0.4 is 5.32 Å². The third-order valence-corrected chi connectivity index (χ3v) is 1.79. The van der Waals surface area contributed by atoms with Gasteiger partial charge in [-0.05, 0) is 5.92 Å². The van der Waals surface area contributed by atoms with Crippen molar-refractivity contribution in [2.75, 3.05) is 20.6 Å². The quantitative estimate of drug-likeness (QED) is 0.645. The van der Waals surface area contributed by atoms with E-state index in [1.807, 2.05) is 13.8 Å². The molecule has 2 amide bonds. The Kier molecular flexibility index (Phi) is 4.66. The highest BCUT2D eigenvalue weighted by Crippen LogP contribution is 2.02. The van der Waals surface area contributed by atoms with Crippen LogP contribution in [0.4, 0.5) is 4.79 Å². The van der Waals surface area contributed by atoms with Crippen LogP contribution in [0.15, 0.2) is 0 Å². The molecule has 1 atom stereocenters. The summed E-state index contributed by atoms with van der Waals surface area (Å²) in [5.74, 6) is 0.178. The first kappa shape index (κ1) is 11.2. The van der Waals surface area contributed by atoms with E-state index in [-0.39, 0.29) is 11.9 Å². The molecule has 0 aliphatic rings. The number of carbonyl (C=O) groups excluding carboxylic acids is 1. The van der Waals surface area contributed by atoms with Gasteiger partial charge in [0.1, 0.15) is 0 Å². The number of hydrogen-bond donors (Lipinski definition) is 2. The lowest BCUT2D eigenvalue weighted by atomic mass is 10.1. The molecule has 0 saturated carbocycles. The molecule has 0 bridgehead atoms. The number of nitrogens with zero attached hydrogens (tertiary/aromatic N) is 1.